The molecular weight excluding hydrogens is 256 g/mol. The van der Waals surface area contributed by atoms with Gasteiger partial charge in [-0.05, 0) is 38.5 Å². The molecule has 0 aromatic carbocycles. The van der Waals surface area contributed by atoms with Gasteiger partial charge in [0.1, 0.15) is 6.04 Å². The highest BCUT2D eigenvalue weighted by molar-refractivity contribution is 5.89. The van der Waals surface area contributed by atoms with Crippen molar-refractivity contribution in [3.63, 3.8) is 0 Å². The fraction of sp³-hybridized carbons (Fsp3) is 0.867. The first-order chi connectivity index (χ1) is 9.49. The molecule has 2 amide bonds. The summed E-state index contributed by atoms with van der Waals surface area (Å²) in [5.41, 5.74) is 0. The van der Waals surface area contributed by atoms with Crippen LogP contribution in [-0.2, 0) is 9.59 Å². The van der Waals surface area contributed by atoms with Gasteiger partial charge in [0, 0.05) is 12.0 Å². The molecule has 0 radical (unpaired) electrons. The van der Waals surface area contributed by atoms with Gasteiger partial charge in [0.2, 0.25) is 11.8 Å². The maximum atomic E-state index is 12.3. The number of nitrogens with one attached hydrogen (secondary N) is 2. The lowest BCUT2D eigenvalue weighted by atomic mass is 9.85. The van der Waals surface area contributed by atoms with Gasteiger partial charge in [0.15, 0.2) is 0 Å². The Balaban J connectivity index is 1.90. The van der Waals surface area contributed by atoms with Gasteiger partial charge in [-0.3, -0.25) is 9.59 Å². The van der Waals surface area contributed by atoms with E-state index in [1.165, 1.54) is 6.42 Å². The first-order valence-electron chi connectivity index (χ1n) is 7.78. The Bertz CT molecular complexity index is 366. The van der Waals surface area contributed by atoms with Crippen LogP contribution in [0, 0.1) is 11.8 Å². The van der Waals surface area contributed by atoms with Crippen LogP contribution in [0.1, 0.15) is 52.4 Å². The van der Waals surface area contributed by atoms with E-state index in [9.17, 15) is 14.7 Å². The summed E-state index contributed by atoms with van der Waals surface area (Å²) in [6, 6.07) is -0.674. The van der Waals surface area contributed by atoms with Crippen LogP contribution < -0.4 is 10.6 Å². The zero-order valence-corrected chi connectivity index (χ0v) is 12.4. The Hall–Kier alpha value is -1.10. The topological polar surface area (TPSA) is 78.4 Å². The molecule has 4 unspecified atom stereocenters. The van der Waals surface area contributed by atoms with Gasteiger partial charge in [-0.1, -0.05) is 19.8 Å². The molecule has 20 heavy (non-hydrogen) atoms. The van der Waals surface area contributed by atoms with Crippen molar-refractivity contribution in [1.29, 1.82) is 0 Å². The van der Waals surface area contributed by atoms with Gasteiger partial charge in [0.05, 0.1) is 6.10 Å². The normalized spacial score (nSPS) is 29.4. The SMILES string of the molecule is CC(O)C(NC(=O)C1CC1)C(=O)NC1CCCCC1C. The summed E-state index contributed by atoms with van der Waals surface area (Å²) in [7, 11) is 0. The molecule has 0 aliphatic heterocycles. The first-order valence-corrected chi connectivity index (χ1v) is 7.78. The van der Waals surface area contributed by atoms with Crippen molar-refractivity contribution >= 4 is 11.8 Å². The smallest absolute Gasteiger partial charge is 0.245 e. The molecule has 2 saturated carbocycles. The van der Waals surface area contributed by atoms with E-state index in [-0.39, 0.29) is 23.8 Å². The van der Waals surface area contributed by atoms with Crippen LogP contribution in [0.15, 0.2) is 0 Å². The van der Waals surface area contributed by atoms with E-state index in [1.54, 1.807) is 6.92 Å². The van der Waals surface area contributed by atoms with Crippen molar-refractivity contribution in [3.8, 4) is 0 Å². The van der Waals surface area contributed by atoms with E-state index in [0.717, 1.165) is 32.1 Å². The number of rotatable bonds is 5. The van der Waals surface area contributed by atoms with Crippen molar-refractivity contribution < 1.29 is 14.7 Å². The van der Waals surface area contributed by atoms with Crippen LogP contribution in [-0.4, -0.2) is 35.1 Å². The maximum Gasteiger partial charge on any atom is 0.245 e. The van der Waals surface area contributed by atoms with Crippen LogP contribution in [0.4, 0.5) is 0 Å². The van der Waals surface area contributed by atoms with Gasteiger partial charge in [-0.15, -0.1) is 0 Å². The van der Waals surface area contributed by atoms with Crippen molar-refractivity contribution in [1.82, 2.24) is 10.6 Å². The summed E-state index contributed by atoms with van der Waals surface area (Å²) >= 11 is 0. The van der Waals surface area contributed by atoms with E-state index in [4.69, 9.17) is 0 Å². The number of carbonyl (C=O) groups excluding carboxylic acids is 2. The van der Waals surface area contributed by atoms with Gasteiger partial charge in [0.25, 0.3) is 0 Å². The summed E-state index contributed by atoms with van der Waals surface area (Å²) in [6.07, 6.45) is 5.35. The molecule has 3 N–H and O–H groups in total. The third kappa shape index (κ3) is 3.95. The van der Waals surface area contributed by atoms with E-state index in [1.807, 2.05) is 0 Å². The molecule has 0 aromatic rings. The van der Waals surface area contributed by atoms with Crippen molar-refractivity contribution in [3.05, 3.63) is 0 Å². The average molecular weight is 282 g/mol. The van der Waals surface area contributed by atoms with E-state index in [0.29, 0.717) is 5.92 Å². The average Bonchev–Trinajstić information content (AvgIpc) is 3.22. The number of amides is 2. The molecule has 4 atom stereocenters. The maximum absolute atomic E-state index is 12.3. The lowest BCUT2D eigenvalue weighted by Gasteiger charge is -2.31. The number of hydrogen-bond acceptors (Lipinski definition) is 3. The highest BCUT2D eigenvalue weighted by Gasteiger charge is 2.35. The van der Waals surface area contributed by atoms with Gasteiger partial charge in [-0.2, -0.15) is 0 Å². The van der Waals surface area contributed by atoms with E-state index in [2.05, 4.69) is 17.6 Å². The van der Waals surface area contributed by atoms with Crippen LogP contribution in [0.2, 0.25) is 0 Å². The van der Waals surface area contributed by atoms with Crippen LogP contribution in [0.25, 0.3) is 0 Å². The Morgan fingerprint density at radius 1 is 1.15 bits per heavy atom. The Morgan fingerprint density at radius 3 is 2.35 bits per heavy atom. The molecule has 0 heterocycles. The molecule has 2 rings (SSSR count). The largest absolute Gasteiger partial charge is 0.391 e. The Labute approximate surface area is 120 Å². The molecule has 5 heteroatoms. The van der Waals surface area contributed by atoms with Crippen LogP contribution in [0.3, 0.4) is 0 Å². The minimum Gasteiger partial charge on any atom is -0.391 e. The lowest BCUT2D eigenvalue weighted by molar-refractivity contribution is -0.132. The zero-order valence-electron chi connectivity index (χ0n) is 12.4. The highest BCUT2D eigenvalue weighted by Crippen LogP contribution is 2.29. The van der Waals surface area contributed by atoms with Crippen LogP contribution >= 0.6 is 0 Å². The molecule has 0 saturated heterocycles. The predicted molar refractivity (Wildman–Crippen MR) is 75.9 cm³/mol. The Kier molecular flexibility index (Phi) is 5.02. The minimum atomic E-state index is -0.878. The number of hydrogen-bond donors (Lipinski definition) is 3. The quantitative estimate of drug-likeness (QED) is 0.702. The monoisotopic (exact) mass is 282 g/mol. The summed E-state index contributed by atoms with van der Waals surface area (Å²) in [5.74, 6) is 0.134. The number of aliphatic hydroxyl groups excluding tert-OH is 1. The number of aliphatic hydroxyl groups is 1. The molecule has 2 fully saturated rings. The van der Waals surface area contributed by atoms with Gasteiger partial charge < -0.3 is 15.7 Å². The second-order valence-electron chi connectivity index (χ2n) is 6.38. The summed E-state index contributed by atoms with van der Waals surface area (Å²) in [4.78, 5) is 24.1. The predicted octanol–water partition coefficient (Wildman–Crippen LogP) is 0.957. The third-order valence-electron chi connectivity index (χ3n) is 4.45. The molecule has 2 aliphatic carbocycles. The van der Waals surface area contributed by atoms with Gasteiger partial charge >= 0.3 is 0 Å². The molecule has 0 bridgehead atoms. The first kappa shape index (κ1) is 15.3. The molecule has 0 spiro atoms. The second kappa shape index (κ2) is 6.57. The minimum absolute atomic E-state index is 0.0395. The fourth-order valence-electron chi connectivity index (χ4n) is 2.83. The van der Waals surface area contributed by atoms with Crippen LogP contribution in [0.5, 0.6) is 0 Å². The molecule has 5 nitrogen and oxygen atoms in total. The summed E-state index contributed by atoms with van der Waals surface area (Å²) in [6.45, 7) is 3.69. The molecule has 114 valence electrons. The van der Waals surface area contributed by atoms with Crippen molar-refractivity contribution in [2.45, 2.75) is 70.6 Å². The van der Waals surface area contributed by atoms with E-state index >= 15 is 0 Å². The molecule has 0 aromatic heterocycles. The summed E-state index contributed by atoms with van der Waals surface area (Å²) < 4.78 is 0. The standard InChI is InChI=1S/C15H26N2O3/c1-9-5-3-4-6-12(9)16-15(20)13(10(2)18)17-14(19)11-7-8-11/h9-13,18H,3-8H2,1-2H3,(H,16,20)(H,17,19). The fourth-order valence-corrected chi connectivity index (χ4v) is 2.83. The Morgan fingerprint density at radius 2 is 1.80 bits per heavy atom. The highest BCUT2D eigenvalue weighted by atomic mass is 16.3. The number of carbonyl (C=O) groups is 2. The second-order valence-corrected chi connectivity index (χ2v) is 6.38. The summed E-state index contributed by atoms with van der Waals surface area (Å²) in [5, 5.41) is 15.4. The molecule has 2 aliphatic rings. The van der Waals surface area contributed by atoms with Gasteiger partial charge in [-0.25, -0.2) is 0 Å². The van der Waals surface area contributed by atoms with Crippen molar-refractivity contribution in [2.24, 2.45) is 11.8 Å². The lowest BCUT2D eigenvalue weighted by Crippen LogP contribution is -2.56. The van der Waals surface area contributed by atoms with Crippen molar-refractivity contribution in [2.75, 3.05) is 0 Å². The molecular formula is C15H26N2O3. The van der Waals surface area contributed by atoms with E-state index < -0.39 is 12.1 Å². The third-order valence-corrected chi connectivity index (χ3v) is 4.45. The zero-order chi connectivity index (χ0) is 14.7.